The number of hydroxylamine groups is 1. The Bertz CT molecular complexity index is 131. The summed E-state index contributed by atoms with van der Waals surface area (Å²) < 4.78 is 0.972. The molecule has 0 atom stereocenters. The molecule has 0 amide bonds. The molecular weight excluding hydrogens is 130 g/mol. The van der Waals surface area contributed by atoms with Gasteiger partial charge in [-0.1, -0.05) is 0 Å². The van der Waals surface area contributed by atoms with E-state index in [1.165, 1.54) is 11.8 Å². The zero-order chi connectivity index (χ0) is 5.28. The van der Waals surface area contributed by atoms with Crippen molar-refractivity contribution in [2.24, 2.45) is 0 Å². The van der Waals surface area contributed by atoms with Gasteiger partial charge in [-0.2, -0.15) is 0 Å². The average molecular weight is 134 g/mol. The van der Waals surface area contributed by atoms with Crippen LogP contribution in [0.1, 0.15) is 0 Å². The molecule has 0 bridgehead atoms. The smallest absolute Gasteiger partial charge is 0.283 e. The summed E-state index contributed by atoms with van der Waals surface area (Å²) in [5.41, 5.74) is 1.59. The van der Waals surface area contributed by atoms with Crippen molar-refractivity contribution in [1.82, 2.24) is 0 Å². The second-order valence-electron chi connectivity index (χ2n) is 1.15. The minimum absolute atomic E-state index is 0.588. The largest absolute Gasteiger partial charge is 0.309 e. The van der Waals surface area contributed by atoms with E-state index in [0.29, 0.717) is 4.99 Å². The summed E-state index contributed by atoms with van der Waals surface area (Å²) in [6.45, 7) is 0. The third-order valence-electron chi connectivity index (χ3n) is 0.637. The quantitative estimate of drug-likeness (QED) is 0.296. The summed E-state index contributed by atoms with van der Waals surface area (Å²) in [7, 11) is 0. The fourth-order valence-corrected chi connectivity index (χ4v) is 1.25. The van der Waals surface area contributed by atoms with Crippen LogP contribution in [-0.2, 0) is 0 Å². The maximum absolute atomic E-state index is 8.61. The summed E-state index contributed by atoms with van der Waals surface area (Å²) in [6.07, 6.45) is 0. The molecule has 4 heteroatoms. The lowest BCUT2D eigenvalue weighted by Crippen LogP contribution is -2.09. The van der Waals surface area contributed by atoms with Crippen molar-refractivity contribution in [3.05, 3.63) is 0 Å². The van der Waals surface area contributed by atoms with Crippen LogP contribution in [0.4, 0.5) is 0 Å². The van der Waals surface area contributed by atoms with Crippen LogP contribution in [0, 0.1) is 0 Å². The second-order valence-corrected chi connectivity index (χ2v) is 2.46. The number of nitrogens with zero attached hydrogens (tertiary/aromatic N) is 1. The zero-order valence-electron chi connectivity index (χ0n) is 3.50. The minimum atomic E-state index is 0.588. The summed E-state index contributed by atoms with van der Waals surface area (Å²) in [5, 5.41) is 8.61. The lowest BCUT2D eigenvalue weighted by atomic mass is 10.8. The van der Waals surface area contributed by atoms with Gasteiger partial charge in [-0.3, -0.25) is 5.21 Å². The third kappa shape index (κ3) is 0.920. The van der Waals surface area contributed by atoms with Crippen molar-refractivity contribution in [2.75, 3.05) is 5.75 Å². The molecule has 0 aliphatic carbocycles. The highest BCUT2D eigenvalue weighted by atomic mass is 32.2. The Morgan fingerprint density at radius 2 is 2.71 bits per heavy atom. The van der Waals surface area contributed by atoms with Crippen molar-refractivity contribution in [2.45, 2.75) is 0 Å². The van der Waals surface area contributed by atoms with Crippen LogP contribution < -0.4 is 0 Å². The number of thioether (sulfide) groups is 1. The van der Waals surface area contributed by atoms with Gasteiger partial charge in [-0.05, 0) is 24.0 Å². The maximum atomic E-state index is 8.61. The molecule has 2 nitrogen and oxygen atoms in total. The van der Waals surface area contributed by atoms with Crippen LogP contribution in [-0.4, -0.2) is 26.2 Å². The highest BCUT2D eigenvalue weighted by molar-refractivity contribution is 8.13. The SMILES string of the molecule is O[N+]1=CSCC1=S. The van der Waals surface area contributed by atoms with Crippen molar-refractivity contribution in [1.29, 1.82) is 0 Å². The molecule has 1 heterocycles. The summed E-state index contributed by atoms with van der Waals surface area (Å²) >= 11 is 6.17. The average Bonchev–Trinajstić information content (AvgIpc) is 1.91. The van der Waals surface area contributed by atoms with Gasteiger partial charge >= 0.3 is 4.99 Å². The monoisotopic (exact) mass is 134 g/mol. The van der Waals surface area contributed by atoms with E-state index in [2.05, 4.69) is 12.2 Å². The van der Waals surface area contributed by atoms with E-state index in [1.54, 1.807) is 5.55 Å². The molecular formula is C3H4NOS2+. The van der Waals surface area contributed by atoms with Crippen molar-refractivity contribution >= 4 is 34.5 Å². The molecule has 1 N–H and O–H groups in total. The Morgan fingerprint density at radius 3 is 2.86 bits per heavy atom. The van der Waals surface area contributed by atoms with Gasteiger partial charge in [0.15, 0.2) is 0 Å². The molecule has 1 aliphatic heterocycles. The van der Waals surface area contributed by atoms with Crippen molar-refractivity contribution < 1.29 is 9.95 Å². The first-order valence-corrected chi connectivity index (χ1v) is 3.22. The molecule has 0 saturated heterocycles. The Balaban J connectivity index is 2.72. The molecule has 0 saturated carbocycles. The standard InChI is InChI=1S/C3H4NOS2/c5-4-2-7-1-3(4)6/h2,5H,1H2/q+1. The molecule has 0 aromatic carbocycles. The fraction of sp³-hybridized carbons (Fsp3) is 0.333. The molecule has 0 unspecified atom stereocenters. The first-order valence-electron chi connectivity index (χ1n) is 1.76. The highest BCUT2D eigenvalue weighted by Crippen LogP contribution is 2.03. The van der Waals surface area contributed by atoms with Gasteiger partial charge in [0.1, 0.15) is 5.75 Å². The van der Waals surface area contributed by atoms with E-state index in [0.717, 1.165) is 10.5 Å². The second kappa shape index (κ2) is 1.79. The van der Waals surface area contributed by atoms with E-state index in [1.807, 2.05) is 0 Å². The molecule has 38 valence electrons. The number of hydrogen-bond acceptors (Lipinski definition) is 3. The molecule has 0 fully saturated rings. The fourth-order valence-electron chi connectivity index (χ4n) is 0.304. The molecule has 0 aromatic heterocycles. The Hall–Kier alpha value is -0.0900. The molecule has 0 aromatic rings. The predicted molar refractivity (Wildman–Crippen MR) is 33.2 cm³/mol. The summed E-state index contributed by atoms with van der Waals surface area (Å²) in [5.74, 6) is 0.742. The predicted octanol–water partition coefficient (Wildman–Crippen LogP) is 0.491. The molecule has 0 spiro atoms. The lowest BCUT2D eigenvalue weighted by Gasteiger charge is -1.74. The number of thiocarbonyl (C=S) groups is 1. The first-order chi connectivity index (χ1) is 3.30. The summed E-state index contributed by atoms with van der Waals surface area (Å²) in [6, 6.07) is 0. The molecule has 7 heavy (non-hydrogen) atoms. The van der Waals surface area contributed by atoms with Crippen LogP contribution in [0.15, 0.2) is 0 Å². The van der Waals surface area contributed by atoms with Crippen LogP contribution in [0.2, 0.25) is 0 Å². The van der Waals surface area contributed by atoms with E-state index >= 15 is 0 Å². The zero-order valence-corrected chi connectivity index (χ0v) is 5.13. The van der Waals surface area contributed by atoms with Crippen molar-refractivity contribution in [3.63, 3.8) is 0 Å². The molecule has 0 radical (unpaired) electrons. The maximum Gasteiger partial charge on any atom is 0.309 e. The number of rotatable bonds is 0. The van der Waals surface area contributed by atoms with Gasteiger partial charge in [-0.15, -0.1) is 0 Å². The molecule has 1 rings (SSSR count). The Kier molecular flexibility index (Phi) is 1.30. The van der Waals surface area contributed by atoms with Crippen LogP contribution in [0.3, 0.4) is 0 Å². The van der Waals surface area contributed by atoms with Crippen LogP contribution in [0.25, 0.3) is 0 Å². The normalized spacial score (nSPS) is 20.0. The van der Waals surface area contributed by atoms with Gasteiger partial charge in [0.2, 0.25) is 0 Å². The van der Waals surface area contributed by atoms with E-state index < -0.39 is 0 Å². The minimum Gasteiger partial charge on any atom is -0.283 e. The van der Waals surface area contributed by atoms with Gasteiger partial charge in [-0.25, -0.2) is 0 Å². The Morgan fingerprint density at radius 1 is 2.00 bits per heavy atom. The van der Waals surface area contributed by atoms with Gasteiger partial charge in [0.25, 0.3) is 5.55 Å². The van der Waals surface area contributed by atoms with Crippen molar-refractivity contribution in [3.8, 4) is 0 Å². The van der Waals surface area contributed by atoms with Crippen LogP contribution in [0.5, 0.6) is 0 Å². The Labute approximate surface area is 50.8 Å². The lowest BCUT2D eigenvalue weighted by molar-refractivity contribution is -0.680. The van der Waals surface area contributed by atoms with E-state index in [-0.39, 0.29) is 0 Å². The third-order valence-corrected chi connectivity index (χ3v) is 1.94. The topological polar surface area (TPSA) is 23.2 Å². The first kappa shape index (κ1) is 5.05. The molecule has 1 aliphatic rings. The van der Waals surface area contributed by atoms with E-state index in [9.17, 15) is 0 Å². The van der Waals surface area contributed by atoms with Gasteiger partial charge in [0.05, 0.1) is 0 Å². The highest BCUT2D eigenvalue weighted by Gasteiger charge is 2.18. The van der Waals surface area contributed by atoms with Crippen LogP contribution >= 0.6 is 24.0 Å². The van der Waals surface area contributed by atoms with Gasteiger partial charge in [0, 0.05) is 4.74 Å². The number of hydrogen-bond donors (Lipinski definition) is 1. The van der Waals surface area contributed by atoms with E-state index in [4.69, 9.17) is 5.21 Å². The van der Waals surface area contributed by atoms with Gasteiger partial charge < -0.3 is 0 Å². The summed E-state index contributed by atoms with van der Waals surface area (Å²) in [4.78, 5) is 0.588.